The van der Waals surface area contributed by atoms with Gasteiger partial charge in [0.1, 0.15) is 0 Å². The smallest absolute Gasteiger partial charge is 0.255 e. The Morgan fingerprint density at radius 1 is 1.14 bits per heavy atom. The fourth-order valence-corrected chi connectivity index (χ4v) is 2.09. The number of carbonyl (C=O) groups excluding carboxylic acids is 1. The lowest BCUT2D eigenvalue weighted by molar-refractivity contribution is 0.102. The average Bonchev–Trinajstić information content (AvgIpc) is 2.54. The molecule has 2 rings (SSSR count). The summed E-state index contributed by atoms with van der Waals surface area (Å²) in [6.45, 7) is 2.33. The van der Waals surface area contributed by atoms with E-state index in [9.17, 15) is 4.79 Å². The Kier molecular flexibility index (Phi) is 5.14. The number of rotatable bonds is 3. The summed E-state index contributed by atoms with van der Waals surface area (Å²) in [5.41, 5.74) is 8.59. The van der Waals surface area contributed by atoms with Crippen molar-refractivity contribution in [1.82, 2.24) is 0 Å². The molecule has 0 spiro atoms. The third-order valence-corrected chi connectivity index (χ3v) is 3.14. The van der Waals surface area contributed by atoms with Gasteiger partial charge >= 0.3 is 0 Å². The SMILES string of the molecule is CCc1ccccc1C(=O)Nc1ccccc1C#CCN. The van der Waals surface area contributed by atoms with Crippen LogP contribution in [0.4, 0.5) is 5.69 Å². The van der Waals surface area contributed by atoms with Crippen molar-refractivity contribution in [1.29, 1.82) is 0 Å². The molecule has 0 unspecified atom stereocenters. The van der Waals surface area contributed by atoms with E-state index < -0.39 is 0 Å². The molecular formula is C18H18N2O. The summed E-state index contributed by atoms with van der Waals surface area (Å²) < 4.78 is 0. The quantitative estimate of drug-likeness (QED) is 0.848. The first-order valence-corrected chi connectivity index (χ1v) is 6.93. The normalized spacial score (nSPS) is 9.62. The van der Waals surface area contributed by atoms with E-state index in [2.05, 4.69) is 17.2 Å². The van der Waals surface area contributed by atoms with Crippen LogP contribution in [0.3, 0.4) is 0 Å². The molecule has 0 fully saturated rings. The molecule has 0 aromatic heterocycles. The van der Waals surface area contributed by atoms with Crippen molar-refractivity contribution in [2.75, 3.05) is 11.9 Å². The molecule has 0 atom stereocenters. The van der Waals surface area contributed by atoms with E-state index >= 15 is 0 Å². The highest BCUT2D eigenvalue weighted by Crippen LogP contribution is 2.17. The molecule has 0 saturated heterocycles. The lowest BCUT2D eigenvalue weighted by Crippen LogP contribution is -2.14. The van der Waals surface area contributed by atoms with Gasteiger partial charge in [-0.2, -0.15) is 0 Å². The Morgan fingerprint density at radius 3 is 2.62 bits per heavy atom. The van der Waals surface area contributed by atoms with Gasteiger partial charge in [-0.3, -0.25) is 4.79 Å². The van der Waals surface area contributed by atoms with E-state index in [1.807, 2.05) is 55.5 Å². The van der Waals surface area contributed by atoms with Gasteiger partial charge in [0.2, 0.25) is 0 Å². The minimum absolute atomic E-state index is 0.116. The van der Waals surface area contributed by atoms with Crippen LogP contribution in [0.5, 0.6) is 0 Å². The summed E-state index contributed by atoms with van der Waals surface area (Å²) in [5.74, 6) is 5.66. The molecule has 21 heavy (non-hydrogen) atoms. The molecule has 0 heterocycles. The van der Waals surface area contributed by atoms with Crippen LogP contribution in [0, 0.1) is 11.8 Å². The highest BCUT2D eigenvalue weighted by Gasteiger charge is 2.11. The zero-order valence-corrected chi connectivity index (χ0v) is 12.0. The zero-order valence-electron chi connectivity index (χ0n) is 12.0. The van der Waals surface area contributed by atoms with Gasteiger partial charge in [-0.25, -0.2) is 0 Å². The average molecular weight is 278 g/mol. The lowest BCUT2D eigenvalue weighted by atomic mass is 10.0. The molecule has 0 aliphatic carbocycles. The second kappa shape index (κ2) is 7.28. The molecule has 3 N–H and O–H groups in total. The van der Waals surface area contributed by atoms with Crippen LogP contribution >= 0.6 is 0 Å². The first-order chi connectivity index (χ1) is 10.3. The molecular weight excluding hydrogens is 260 g/mol. The Balaban J connectivity index is 2.28. The van der Waals surface area contributed by atoms with E-state index in [0.29, 0.717) is 17.8 Å². The van der Waals surface area contributed by atoms with Crippen molar-refractivity contribution in [3.8, 4) is 11.8 Å². The lowest BCUT2D eigenvalue weighted by Gasteiger charge is -2.10. The maximum atomic E-state index is 12.4. The summed E-state index contributed by atoms with van der Waals surface area (Å²) >= 11 is 0. The highest BCUT2D eigenvalue weighted by molar-refractivity contribution is 6.05. The number of amides is 1. The number of nitrogens with two attached hydrogens (primary N) is 1. The van der Waals surface area contributed by atoms with Gasteiger partial charge < -0.3 is 11.1 Å². The van der Waals surface area contributed by atoms with Crippen LogP contribution in [0.1, 0.15) is 28.4 Å². The van der Waals surface area contributed by atoms with Crippen LogP contribution in [-0.2, 0) is 6.42 Å². The van der Waals surface area contributed by atoms with Crippen LogP contribution < -0.4 is 11.1 Å². The number of hydrogen-bond donors (Lipinski definition) is 2. The highest BCUT2D eigenvalue weighted by atomic mass is 16.1. The van der Waals surface area contributed by atoms with Gasteiger partial charge in [0.05, 0.1) is 12.2 Å². The van der Waals surface area contributed by atoms with E-state index in [1.54, 1.807) is 0 Å². The summed E-state index contributed by atoms with van der Waals surface area (Å²) in [4.78, 5) is 12.4. The fraction of sp³-hybridized carbons (Fsp3) is 0.167. The molecule has 0 bridgehead atoms. The molecule has 0 saturated carbocycles. The maximum Gasteiger partial charge on any atom is 0.255 e. The molecule has 0 radical (unpaired) electrons. The predicted molar refractivity (Wildman–Crippen MR) is 86.1 cm³/mol. The van der Waals surface area contributed by atoms with Crippen LogP contribution in [0.15, 0.2) is 48.5 Å². The maximum absolute atomic E-state index is 12.4. The molecule has 3 heteroatoms. The number of para-hydroxylation sites is 1. The summed E-state index contributed by atoms with van der Waals surface area (Å²) in [6, 6.07) is 15.1. The molecule has 2 aromatic carbocycles. The minimum atomic E-state index is -0.116. The van der Waals surface area contributed by atoms with Crippen LogP contribution in [0.25, 0.3) is 0 Å². The number of aryl methyl sites for hydroxylation is 1. The van der Waals surface area contributed by atoms with E-state index in [0.717, 1.165) is 17.5 Å². The largest absolute Gasteiger partial charge is 0.321 e. The molecule has 3 nitrogen and oxygen atoms in total. The van der Waals surface area contributed by atoms with Gasteiger partial charge in [-0.05, 0) is 30.2 Å². The van der Waals surface area contributed by atoms with Crippen molar-refractivity contribution < 1.29 is 4.79 Å². The van der Waals surface area contributed by atoms with E-state index in [1.165, 1.54) is 0 Å². The van der Waals surface area contributed by atoms with Crippen molar-refractivity contribution >= 4 is 11.6 Å². The predicted octanol–water partition coefficient (Wildman–Crippen LogP) is 2.81. The Bertz CT molecular complexity index is 696. The van der Waals surface area contributed by atoms with Crippen molar-refractivity contribution in [3.63, 3.8) is 0 Å². The standard InChI is InChI=1S/C18H18N2O/c1-2-14-8-3-5-11-16(14)18(21)20-17-12-6-4-9-15(17)10-7-13-19/h3-6,8-9,11-12H,2,13,19H2,1H3,(H,20,21). The van der Waals surface area contributed by atoms with Crippen molar-refractivity contribution in [2.45, 2.75) is 13.3 Å². The second-order valence-corrected chi connectivity index (χ2v) is 4.52. The monoisotopic (exact) mass is 278 g/mol. The number of benzene rings is 2. The Hall–Kier alpha value is -2.57. The molecule has 106 valence electrons. The van der Waals surface area contributed by atoms with E-state index in [4.69, 9.17) is 5.73 Å². The minimum Gasteiger partial charge on any atom is -0.321 e. The third-order valence-electron chi connectivity index (χ3n) is 3.14. The molecule has 2 aromatic rings. The van der Waals surface area contributed by atoms with Gasteiger partial charge in [0.15, 0.2) is 0 Å². The number of hydrogen-bond acceptors (Lipinski definition) is 2. The summed E-state index contributed by atoms with van der Waals surface area (Å²) in [6.07, 6.45) is 0.818. The van der Waals surface area contributed by atoms with Crippen LogP contribution in [-0.4, -0.2) is 12.5 Å². The zero-order chi connectivity index (χ0) is 15.1. The summed E-state index contributed by atoms with van der Waals surface area (Å²) in [7, 11) is 0. The first kappa shape index (κ1) is 14.8. The van der Waals surface area contributed by atoms with Gasteiger partial charge in [0.25, 0.3) is 5.91 Å². The van der Waals surface area contributed by atoms with E-state index in [-0.39, 0.29) is 5.91 Å². The second-order valence-electron chi connectivity index (χ2n) is 4.52. The Labute approximate surface area is 125 Å². The fourth-order valence-electron chi connectivity index (χ4n) is 2.09. The topological polar surface area (TPSA) is 55.1 Å². The Morgan fingerprint density at radius 2 is 1.86 bits per heavy atom. The van der Waals surface area contributed by atoms with Crippen molar-refractivity contribution in [2.24, 2.45) is 5.73 Å². The molecule has 1 amide bonds. The summed E-state index contributed by atoms with van der Waals surface area (Å²) in [5, 5.41) is 2.93. The van der Waals surface area contributed by atoms with Gasteiger partial charge in [0, 0.05) is 11.1 Å². The first-order valence-electron chi connectivity index (χ1n) is 6.93. The number of anilines is 1. The van der Waals surface area contributed by atoms with Gasteiger partial charge in [-0.1, -0.05) is 49.1 Å². The van der Waals surface area contributed by atoms with Gasteiger partial charge in [-0.15, -0.1) is 0 Å². The van der Waals surface area contributed by atoms with Crippen LogP contribution in [0.2, 0.25) is 0 Å². The molecule has 0 aliphatic rings. The molecule has 0 aliphatic heterocycles. The third kappa shape index (κ3) is 3.71. The number of nitrogens with one attached hydrogen (secondary N) is 1. The number of carbonyl (C=O) groups is 1. The van der Waals surface area contributed by atoms with Crippen molar-refractivity contribution in [3.05, 3.63) is 65.2 Å².